The molecule has 1 saturated carbocycles. The van der Waals surface area contributed by atoms with Crippen LogP contribution in [-0.4, -0.2) is 0 Å². The van der Waals surface area contributed by atoms with Gasteiger partial charge in [0.25, 0.3) is 0 Å². The zero-order valence-corrected chi connectivity index (χ0v) is 12.1. The van der Waals surface area contributed by atoms with Gasteiger partial charge in [0.15, 0.2) is 0 Å². The van der Waals surface area contributed by atoms with Crippen LogP contribution >= 0.6 is 0 Å². The van der Waals surface area contributed by atoms with Gasteiger partial charge in [-0.1, -0.05) is 62.2 Å². The summed E-state index contributed by atoms with van der Waals surface area (Å²) in [6, 6.07) is 9.04. The molecule has 2 atom stereocenters. The smallest absolute Gasteiger partial charge is 0.00639 e. The van der Waals surface area contributed by atoms with E-state index in [4.69, 9.17) is 0 Å². The lowest BCUT2D eigenvalue weighted by Gasteiger charge is -2.34. The Balaban J connectivity index is 1.86. The molecule has 96 valence electrons. The van der Waals surface area contributed by atoms with Gasteiger partial charge in [-0.05, 0) is 48.5 Å². The zero-order valence-electron chi connectivity index (χ0n) is 12.1. The molecule has 1 aromatic rings. The predicted octanol–water partition coefficient (Wildman–Crippen LogP) is 4.92. The van der Waals surface area contributed by atoms with E-state index in [1.54, 1.807) is 5.57 Å². The van der Waals surface area contributed by atoms with Crippen LogP contribution in [0.25, 0.3) is 0 Å². The van der Waals surface area contributed by atoms with E-state index < -0.39 is 0 Å². The Kier molecular flexibility index (Phi) is 2.49. The Hall–Kier alpha value is -1.04. The number of hydrogen-bond donors (Lipinski definition) is 0. The predicted molar refractivity (Wildman–Crippen MR) is 77.6 cm³/mol. The minimum atomic E-state index is 0.442. The molecule has 2 unspecified atom stereocenters. The molecule has 0 amide bonds. The fourth-order valence-corrected chi connectivity index (χ4v) is 4.06. The van der Waals surface area contributed by atoms with Gasteiger partial charge in [0, 0.05) is 0 Å². The first kappa shape index (κ1) is 12.0. The van der Waals surface area contributed by atoms with Crippen molar-refractivity contribution >= 4 is 0 Å². The van der Waals surface area contributed by atoms with Crippen molar-refractivity contribution in [3.8, 4) is 0 Å². The van der Waals surface area contributed by atoms with Gasteiger partial charge in [0.1, 0.15) is 0 Å². The van der Waals surface area contributed by atoms with Crippen LogP contribution in [0.15, 0.2) is 35.9 Å². The molecule has 2 aliphatic rings. The zero-order chi connectivity index (χ0) is 13.0. The molecule has 1 fully saturated rings. The molecular weight excluding hydrogens is 216 g/mol. The van der Waals surface area contributed by atoms with Crippen LogP contribution in [0.4, 0.5) is 0 Å². The minimum absolute atomic E-state index is 0.442. The highest BCUT2D eigenvalue weighted by molar-refractivity contribution is 5.35. The molecule has 0 aliphatic heterocycles. The Bertz CT molecular complexity index is 489. The lowest BCUT2D eigenvalue weighted by Crippen LogP contribution is -2.27. The van der Waals surface area contributed by atoms with Gasteiger partial charge in [-0.2, -0.15) is 0 Å². The molecule has 0 saturated heterocycles. The number of hydrogen-bond acceptors (Lipinski definition) is 0. The van der Waals surface area contributed by atoms with Crippen molar-refractivity contribution in [2.24, 2.45) is 16.7 Å². The molecule has 0 heteroatoms. The number of benzene rings is 1. The second kappa shape index (κ2) is 3.73. The Labute approximate surface area is 111 Å². The van der Waals surface area contributed by atoms with Crippen LogP contribution < -0.4 is 0 Å². The Morgan fingerprint density at radius 2 is 1.78 bits per heavy atom. The van der Waals surface area contributed by atoms with Gasteiger partial charge in [-0.25, -0.2) is 0 Å². The van der Waals surface area contributed by atoms with Crippen LogP contribution in [0.3, 0.4) is 0 Å². The molecule has 2 aliphatic carbocycles. The first-order valence-corrected chi connectivity index (χ1v) is 7.19. The van der Waals surface area contributed by atoms with E-state index in [1.807, 2.05) is 0 Å². The fourth-order valence-electron chi connectivity index (χ4n) is 4.06. The largest absolute Gasteiger partial charge is 0.0782 e. The molecular formula is C18H24. The van der Waals surface area contributed by atoms with E-state index in [-0.39, 0.29) is 0 Å². The van der Waals surface area contributed by atoms with Crippen molar-refractivity contribution in [3.63, 3.8) is 0 Å². The highest BCUT2D eigenvalue weighted by atomic mass is 14.6. The number of allylic oxidation sites excluding steroid dienone is 2. The molecule has 0 aromatic heterocycles. The van der Waals surface area contributed by atoms with Gasteiger partial charge in [-0.15, -0.1) is 0 Å². The lowest BCUT2D eigenvalue weighted by atomic mass is 9.70. The van der Waals surface area contributed by atoms with E-state index in [0.717, 1.165) is 12.3 Å². The first-order chi connectivity index (χ1) is 8.42. The van der Waals surface area contributed by atoms with Gasteiger partial charge in [-0.3, -0.25) is 0 Å². The van der Waals surface area contributed by atoms with E-state index >= 15 is 0 Å². The van der Waals surface area contributed by atoms with Crippen LogP contribution in [0.2, 0.25) is 0 Å². The number of rotatable bonds is 2. The average molecular weight is 240 g/mol. The van der Waals surface area contributed by atoms with Crippen molar-refractivity contribution in [1.29, 1.82) is 0 Å². The Morgan fingerprint density at radius 3 is 2.28 bits per heavy atom. The van der Waals surface area contributed by atoms with Gasteiger partial charge >= 0.3 is 0 Å². The summed E-state index contributed by atoms with van der Waals surface area (Å²) in [6.07, 6.45) is 6.52. The average Bonchev–Trinajstić information content (AvgIpc) is 2.63. The van der Waals surface area contributed by atoms with Crippen molar-refractivity contribution in [2.75, 3.05) is 0 Å². The second-order valence-corrected chi connectivity index (χ2v) is 7.11. The van der Waals surface area contributed by atoms with Crippen LogP contribution in [0, 0.1) is 23.7 Å². The molecule has 0 N–H and O–H groups in total. The highest BCUT2D eigenvalue weighted by Crippen LogP contribution is 2.64. The van der Waals surface area contributed by atoms with Crippen molar-refractivity contribution in [2.45, 2.75) is 47.0 Å². The first-order valence-electron chi connectivity index (χ1n) is 7.19. The maximum atomic E-state index is 2.60. The summed E-state index contributed by atoms with van der Waals surface area (Å²) >= 11 is 0. The third-order valence-electron chi connectivity index (χ3n) is 5.78. The molecule has 1 aromatic carbocycles. The molecule has 18 heavy (non-hydrogen) atoms. The van der Waals surface area contributed by atoms with E-state index in [2.05, 4.69) is 58.0 Å². The summed E-state index contributed by atoms with van der Waals surface area (Å²) in [5, 5.41) is 0. The summed E-state index contributed by atoms with van der Waals surface area (Å²) in [4.78, 5) is 0. The molecule has 0 heterocycles. The SMILES string of the molecule is Cc1ccc(CC2=CC3(C)CCC2C3(C)C)cc1. The highest BCUT2D eigenvalue weighted by Gasteiger charge is 2.55. The maximum Gasteiger partial charge on any atom is -0.00639 e. The van der Waals surface area contributed by atoms with Crippen LogP contribution in [-0.2, 0) is 6.42 Å². The molecule has 0 spiro atoms. The van der Waals surface area contributed by atoms with E-state index in [0.29, 0.717) is 10.8 Å². The quantitative estimate of drug-likeness (QED) is 0.644. The van der Waals surface area contributed by atoms with Gasteiger partial charge in [0.05, 0.1) is 0 Å². The summed E-state index contributed by atoms with van der Waals surface area (Å²) < 4.78 is 0. The van der Waals surface area contributed by atoms with Crippen molar-refractivity contribution in [1.82, 2.24) is 0 Å². The van der Waals surface area contributed by atoms with E-state index in [9.17, 15) is 0 Å². The van der Waals surface area contributed by atoms with Gasteiger partial charge < -0.3 is 0 Å². The molecule has 2 bridgehead atoms. The van der Waals surface area contributed by atoms with Crippen molar-refractivity contribution < 1.29 is 0 Å². The summed E-state index contributed by atoms with van der Waals surface area (Å²) in [6.45, 7) is 9.53. The third kappa shape index (κ3) is 1.58. The molecule has 0 radical (unpaired) electrons. The van der Waals surface area contributed by atoms with Gasteiger partial charge in [0.2, 0.25) is 0 Å². The van der Waals surface area contributed by atoms with Crippen LogP contribution in [0.1, 0.15) is 44.7 Å². The molecule has 0 nitrogen and oxygen atoms in total. The number of aryl methyl sites for hydroxylation is 1. The topological polar surface area (TPSA) is 0 Å². The maximum absolute atomic E-state index is 2.60. The summed E-state index contributed by atoms with van der Waals surface area (Å²) in [5.41, 5.74) is 5.43. The minimum Gasteiger partial charge on any atom is -0.0782 e. The summed E-state index contributed by atoms with van der Waals surface area (Å²) in [7, 11) is 0. The van der Waals surface area contributed by atoms with Crippen molar-refractivity contribution in [3.05, 3.63) is 47.0 Å². The molecule has 3 rings (SSSR count). The second-order valence-electron chi connectivity index (χ2n) is 7.11. The summed E-state index contributed by atoms with van der Waals surface area (Å²) in [5.74, 6) is 0.809. The lowest BCUT2D eigenvalue weighted by molar-refractivity contribution is 0.179. The fraction of sp³-hybridized carbons (Fsp3) is 0.556. The Morgan fingerprint density at radius 1 is 1.11 bits per heavy atom. The van der Waals surface area contributed by atoms with E-state index in [1.165, 1.54) is 24.0 Å². The number of fused-ring (bicyclic) bond motifs is 2. The normalized spacial score (nSPS) is 32.7. The monoisotopic (exact) mass is 240 g/mol. The standard InChI is InChI=1S/C18H24/c1-13-5-7-14(8-6-13)11-15-12-18(4)10-9-16(15)17(18,2)3/h5-8,12,16H,9-11H2,1-4H3. The van der Waals surface area contributed by atoms with Crippen LogP contribution in [0.5, 0.6) is 0 Å². The third-order valence-corrected chi connectivity index (χ3v) is 5.78.